The number of nitrogens with zero attached hydrogens (tertiary/aromatic N) is 3. The van der Waals surface area contributed by atoms with Crippen LogP contribution in [0.3, 0.4) is 0 Å². The van der Waals surface area contributed by atoms with Gasteiger partial charge < -0.3 is 24.2 Å². The number of hydrogen-bond donors (Lipinski definition) is 0. The average molecular weight is 442 g/mol. The minimum Gasteiger partial charge on any atom is -0.379 e. The summed E-state index contributed by atoms with van der Waals surface area (Å²) < 4.78 is 11.6. The summed E-state index contributed by atoms with van der Waals surface area (Å²) in [6, 6.07) is -0.0329. The van der Waals surface area contributed by atoms with E-state index in [0.717, 1.165) is 25.8 Å². The molecule has 0 aromatic carbocycles. The van der Waals surface area contributed by atoms with Gasteiger partial charge in [0, 0.05) is 40.8 Å². The van der Waals surface area contributed by atoms with Crippen molar-refractivity contribution in [3.8, 4) is 0 Å². The van der Waals surface area contributed by atoms with Gasteiger partial charge in [0.05, 0.1) is 30.7 Å². The van der Waals surface area contributed by atoms with Crippen molar-refractivity contribution >= 4 is 11.8 Å². The summed E-state index contributed by atoms with van der Waals surface area (Å²) in [5.74, 6) is 0.754. The second-order valence-corrected chi connectivity index (χ2v) is 9.65. The first-order valence-electron chi connectivity index (χ1n) is 11.8. The van der Waals surface area contributed by atoms with Crippen LogP contribution in [-0.4, -0.2) is 99.3 Å². The van der Waals surface area contributed by atoms with Crippen molar-refractivity contribution in [2.75, 3.05) is 48.5 Å². The first kappa shape index (κ1) is 27.9. The average Bonchev–Trinajstić information content (AvgIpc) is 3.20. The Kier molecular flexibility index (Phi) is 12.0. The molecule has 0 aliphatic carbocycles. The molecule has 0 N–H and O–H groups in total. The molecule has 0 saturated carbocycles. The number of amides is 2. The second kappa shape index (κ2) is 13.4. The van der Waals surface area contributed by atoms with Gasteiger partial charge in [-0.1, -0.05) is 34.1 Å². The lowest BCUT2D eigenvalue weighted by molar-refractivity contribution is -0.144. The topological polar surface area (TPSA) is 62.3 Å². The third-order valence-electron chi connectivity index (χ3n) is 6.83. The van der Waals surface area contributed by atoms with Crippen molar-refractivity contribution in [1.82, 2.24) is 14.7 Å². The van der Waals surface area contributed by atoms with Crippen molar-refractivity contribution in [1.29, 1.82) is 0 Å². The van der Waals surface area contributed by atoms with E-state index in [9.17, 15) is 9.59 Å². The van der Waals surface area contributed by atoms with Gasteiger partial charge in [0.25, 0.3) is 0 Å². The van der Waals surface area contributed by atoms with Gasteiger partial charge in [0.2, 0.25) is 11.8 Å². The van der Waals surface area contributed by atoms with Crippen LogP contribution in [0.15, 0.2) is 0 Å². The first-order valence-corrected chi connectivity index (χ1v) is 11.8. The predicted octanol–water partition coefficient (Wildman–Crippen LogP) is 2.88. The molecule has 0 aromatic heterocycles. The SMILES string of the molecule is CCC(C)C(C(CC(=O)N1CCCC1C(OC)C(C)C)OC)N(C)C(=O)CCN(C)C. The lowest BCUT2D eigenvalue weighted by Crippen LogP contribution is -2.52. The molecule has 1 aliphatic heterocycles. The lowest BCUT2D eigenvalue weighted by atomic mass is 9.90. The highest BCUT2D eigenvalue weighted by Gasteiger charge is 2.39. The van der Waals surface area contributed by atoms with Gasteiger partial charge in [0.1, 0.15) is 0 Å². The molecule has 0 bridgehead atoms. The molecule has 182 valence electrons. The number of carbonyl (C=O) groups excluding carboxylic acids is 2. The zero-order chi connectivity index (χ0) is 23.7. The van der Waals surface area contributed by atoms with Crippen LogP contribution >= 0.6 is 0 Å². The summed E-state index contributed by atoms with van der Waals surface area (Å²) in [5, 5.41) is 0. The maximum atomic E-state index is 13.4. The van der Waals surface area contributed by atoms with Gasteiger partial charge in [-0.3, -0.25) is 9.59 Å². The Hall–Kier alpha value is -1.18. The number of hydrogen-bond acceptors (Lipinski definition) is 5. The number of rotatable bonds is 13. The highest BCUT2D eigenvalue weighted by atomic mass is 16.5. The Bertz CT molecular complexity index is 555. The molecule has 1 rings (SSSR count). The van der Waals surface area contributed by atoms with Crippen LogP contribution < -0.4 is 0 Å². The van der Waals surface area contributed by atoms with E-state index in [1.165, 1.54) is 0 Å². The molecule has 5 atom stereocenters. The van der Waals surface area contributed by atoms with Crippen LogP contribution in [-0.2, 0) is 19.1 Å². The van der Waals surface area contributed by atoms with Gasteiger partial charge in [-0.05, 0) is 38.8 Å². The van der Waals surface area contributed by atoms with E-state index < -0.39 is 0 Å². The molecule has 0 aromatic rings. The molecule has 1 saturated heterocycles. The Labute approximate surface area is 190 Å². The summed E-state index contributed by atoms with van der Waals surface area (Å²) in [6.45, 7) is 10.00. The molecular weight excluding hydrogens is 394 g/mol. The molecular formula is C24H47N3O4. The van der Waals surface area contributed by atoms with E-state index >= 15 is 0 Å². The fraction of sp³-hybridized carbons (Fsp3) is 0.917. The number of likely N-dealkylation sites (tertiary alicyclic amines) is 1. The summed E-state index contributed by atoms with van der Waals surface area (Å²) >= 11 is 0. The van der Waals surface area contributed by atoms with Crippen LogP contribution in [0.4, 0.5) is 0 Å². The lowest BCUT2D eigenvalue weighted by Gasteiger charge is -2.39. The highest BCUT2D eigenvalue weighted by Crippen LogP contribution is 2.28. The summed E-state index contributed by atoms with van der Waals surface area (Å²) in [7, 11) is 9.17. The normalized spacial score (nSPS) is 20.7. The Morgan fingerprint density at radius 1 is 1.10 bits per heavy atom. The Morgan fingerprint density at radius 2 is 1.74 bits per heavy atom. The molecule has 2 amide bonds. The van der Waals surface area contributed by atoms with Gasteiger partial charge >= 0.3 is 0 Å². The quantitative estimate of drug-likeness (QED) is 0.440. The van der Waals surface area contributed by atoms with Gasteiger partial charge in [-0.15, -0.1) is 0 Å². The van der Waals surface area contributed by atoms with Crippen LogP contribution in [0, 0.1) is 11.8 Å². The van der Waals surface area contributed by atoms with E-state index in [1.54, 1.807) is 14.2 Å². The molecule has 1 fully saturated rings. The summed E-state index contributed by atoms with van der Waals surface area (Å²) in [4.78, 5) is 32.0. The van der Waals surface area contributed by atoms with Crippen LogP contribution in [0.2, 0.25) is 0 Å². The summed E-state index contributed by atoms with van der Waals surface area (Å²) in [5.41, 5.74) is 0. The molecule has 7 heteroatoms. The van der Waals surface area contributed by atoms with E-state index in [0.29, 0.717) is 18.9 Å². The zero-order valence-electron chi connectivity index (χ0n) is 21.4. The molecule has 1 heterocycles. The van der Waals surface area contributed by atoms with Gasteiger partial charge in [-0.2, -0.15) is 0 Å². The number of likely N-dealkylation sites (N-methyl/N-ethyl adjacent to an activating group) is 1. The maximum Gasteiger partial charge on any atom is 0.225 e. The smallest absolute Gasteiger partial charge is 0.225 e. The molecule has 0 radical (unpaired) electrons. The fourth-order valence-electron chi connectivity index (χ4n) is 4.85. The molecule has 1 aliphatic rings. The van der Waals surface area contributed by atoms with Crippen molar-refractivity contribution in [2.24, 2.45) is 11.8 Å². The number of carbonyl (C=O) groups is 2. The van der Waals surface area contributed by atoms with Crippen molar-refractivity contribution in [3.05, 3.63) is 0 Å². The third kappa shape index (κ3) is 7.72. The fourth-order valence-corrected chi connectivity index (χ4v) is 4.85. The van der Waals surface area contributed by atoms with Crippen molar-refractivity contribution in [2.45, 2.75) is 84.1 Å². The second-order valence-electron chi connectivity index (χ2n) is 9.65. The van der Waals surface area contributed by atoms with E-state index in [1.807, 2.05) is 35.8 Å². The predicted molar refractivity (Wildman–Crippen MR) is 125 cm³/mol. The van der Waals surface area contributed by atoms with Crippen molar-refractivity contribution < 1.29 is 19.1 Å². The highest BCUT2D eigenvalue weighted by molar-refractivity contribution is 5.78. The third-order valence-corrected chi connectivity index (χ3v) is 6.83. The number of methoxy groups -OCH3 is 2. The van der Waals surface area contributed by atoms with Gasteiger partial charge in [0.15, 0.2) is 0 Å². The maximum absolute atomic E-state index is 13.4. The largest absolute Gasteiger partial charge is 0.379 e. The zero-order valence-corrected chi connectivity index (χ0v) is 21.4. The first-order chi connectivity index (χ1) is 14.6. The summed E-state index contributed by atoms with van der Waals surface area (Å²) in [6.07, 6.45) is 3.32. The van der Waals surface area contributed by atoms with Crippen molar-refractivity contribution in [3.63, 3.8) is 0 Å². The van der Waals surface area contributed by atoms with Crippen LogP contribution in [0.1, 0.15) is 59.8 Å². The number of ether oxygens (including phenoxy) is 2. The molecule has 5 unspecified atom stereocenters. The Morgan fingerprint density at radius 3 is 2.23 bits per heavy atom. The van der Waals surface area contributed by atoms with E-state index in [4.69, 9.17) is 9.47 Å². The van der Waals surface area contributed by atoms with Crippen LogP contribution in [0.5, 0.6) is 0 Å². The van der Waals surface area contributed by atoms with E-state index in [2.05, 4.69) is 27.7 Å². The molecule has 7 nitrogen and oxygen atoms in total. The van der Waals surface area contributed by atoms with Crippen LogP contribution in [0.25, 0.3) is 0 Å². The van der Waals surface area contributed by atoms with E-state index in [-0.39, 0.29) is 48.4 Å². The molecule has 0 spiro atoms. The molecule has 31 heavy (non-hydrogen) atoms. The minimum absolute atomic E-state index is 0.0353. The standard InChI is InChI=1S/C24H47N3O4/c1-10-18(4)23(26(7)21(28)13-15-25(5)6)20(30-8)16-22(29)27-14-11-12-19(27)24(31-9)17(2)3/h17-20,23-24H,10-16H2,1-9H3. The van der Waals surface area contributed by atoms with Gasteiger partial charge in [-0.25, -0.2) is 0 Å². The monoisotopic (exact) mass is 441 g/mol. The minimum atomic E-state index is -0.336. The Balaban J connectivity index is 2.98.